The number of nitrogens with one attached hydrogen (secondary N) is 1. The lowest BCUT2D eigenvalue weighted by Crippen LogP contribution is -2.10. The molecule has 1 aromatic rings. The quantitative estimate of drug-likeness (QED) is 0.863. The van der Waals surface area contributed by atoms with Crippen LogP contribution in [0.5, 0.6) is 0 Å². The van der Waals surface area contributed by atoms with Crippen LogP contribution in [0.2, 0.25) is 0 Å². The lowest BCUT2D eigenvalue weighted by atomic mass is 10.0. The van der Waals surface area contributed by atoms with Crippen molar-refractivity contribution in [1.29, 1.82) is 0 Å². The van der Waals surface area contributed by atoms with Crippen molar-refractivity contribution >= 4 is 5.82 Å². The second-order valence-corrected chi connectivity index (χ2v) is 5.05. The van der Waals surface area contributed by atoms with E-state index in [1.54, 1.807) is 0 Å². The summed E-state index contributed by atoms with van der Waals surface area (Å²) in [6.45, 7) is 1.76. The summed E-state index contributed by atoms with van der Waals surface area (Å²) in [6, 6.07) is 2.09. The lowest BCUT2D eigenvalue weighted by molar-refractivity contribution is 0.185. The Kier molecular flexibility index (Phi) is 2.97. The summed E-state index contributed by atoms with van der Waals surface area (Å²) in [7, 11) is 1.92. The van der Waals surface area contributed by atoms with E-state index >= 15 is 0 Å². The van der Waals surface area contributed by atoms with Crippen molar-refractivity contribution in [3.63, 3.8) is 0 Å². The summed E-state index contributed by atoms with van der Waals surface area (Å²) in [5, 5.41) is 3.13. The van der Waals surface area contributed by atoms with Gasteiger partial charge in [-0.05, 0) is 25.2 Å². The highest BCUT2D eigenvalue weighted by molar-refractivity contribution is 5.37. The van der Waals surface area contributed by atoms with Gasteiger partial charge in [0.05, 0.1) is 0 Å². The van der Waals surface area contributed by atoms with Gasteiger partial charge in [-0.15, -0.1) is 0 Å². The van der Waals surface area contributed by atoms with Gasteiger partial charge in [0, 0.05) is 44.4 Å². The van der Waals surface area contributed by atoms with Crippen LogP contribution in [0, 0.1) is 5.92 Å². The van der Waals surface area contributed by atoms with Gasteiger partial charge in [0.15, 0.2) is 0 Å². The molecule has 1 aliphatic heterocycles. The summed E-state index contributed by atoms with van der Waals surface area (Å²) < 4.78 is 5.40. The van der Waals surface area contributed by atoms with E-state index in [9.17, 15) is 0 Å². The first kappa shape index (κ1) is 11.0. The van der Waals surface area contributed by atoms with E-state index < -0.39 is 0 Å². The highest BCUT2D eigenvalue weighted by Crippen LogP contribution is 2.39. The molecule has 4 nitrogen and oxygen atoms in total. The molecule has 1 unspecified atom stereocenters. The van der Waals surface area contributed by atoms with Gasteiger partial charge in [0.2, 0.25) is 0 Å². The van der Waals surface area contributed by atoms with Gasteiger partial charge in [0.1, 0.15) is 11.6 Å². The minimum absolute atomic E-state index is 0.606. The first-order valence-corrected chi connectivity index (χ1v) is 6.48. The van der Waals surface area contributed by atoms with Crippen LogP contribution in [0.4, 0.5) is 5.82 Å². The fourth-order valence-electron chi connectivity index (χ4n) is 2.33. The highest BCUT2D eigenvalue weighted by atomic mass is 16.5. The zero-order valence-electron chi connectivity index (χ0n) is 10.3. The summed E-state index contributed by atoms with van der Waals surface area (Å²) in [5.74, 6) is 3.22. The molecule has 0 amide bonds. The maximum absolute atomic E-state index is 5.40. The van der Waals surface area contributed by atoms with Crippen molar-refractivity contribution in [2.75, 3.05) is 25.6 Å². The van der Waals surface area contributed by atoms with Crippen molar-refractivity contribution in [2.24, 2.45) is 5.92 Å². The van der Waals surface area contributed by atoms with Gasteiger partial charge < -0.3 is 10.1 Å². The third-order valence-corrected chi connectivity index (χ3v) is 3.54. The molecule has 1 aliphatic carbocycles. The van der Waals surface area contributed by atoms with Crippen molar-refractivity contribution in [2.45, 2.75) is 31.6 Å². The smallest absolute Gasteiger partial charge is 0.131 e. The van der Waals surface area contributed by atoms with Crippen LogP contribution in [-0.2, 0) is 11.2 Å². The van der Waals surface area contributed by atoms with E-state index in [2.05, 4.69) is 16.4 Å². The average molecular weight is 233 g/mol. The molecular formula is C13H19N3O. The Morgan fingerprint density at radius 1 is 1.35 bits per heavy atom. The van der Waals surface area contributed by atoms with E-state index in [1.165, 1.54) is 18.5 Å². The van der Waals surface area contributed by atoms with Crippen LogP contribution in [0.1, 0.15) is 36.7 Å². The molecule has 1 saturated carbocycles. The fraction of sp³-hybridized carbons (Fsp3) is 0.692. The topological polar surface area (TPSA) is 47.0 Å². The Labute approximate surface area is 102 Å². The van der Waals surface area contributed by atoms with Crippen molar-refractivity contribution in [3.05, 3.63) is 17.6 Å². The Morgan fingerprint density at radius 2 is 2.24 bits per heavy atom. The molecule has 3 rings (SSSR count). The predicted molar refractivity (Wildman–Crippen MR) is 66.2 cm³/mol. The average Bonchev–Trinajstić information content (AvgIpc) is 3.09. The molecule has 2 fully saturated rings. The molecule has 1 N–H and O–H groups in total. The Bertz CT molecular complexity index is 398. The molecule has 0 bridgehead atoms. The Balaban J connectivity index is 1.78. The predicted octanol–water partition coefficient (Wildman–Crippen LogP) is 1.97. The molecule has 1 atom stereocenters. The highest BCUT2D eigenvalue weighted by Gasteiger charge is 2.26. The number of rotatable bonds is 4. The molecule has 2 heterocycles. The number of hydrogen-bond donors (Lipinski definition) is 1. The number of anilines is 1. The van der Waals surface area contributed by atoms with Crippen molar-refractivity contribution in [3.8, 4) is 0 Å². The molecule has 1 aromatic heterocycles. The summed E-state index contributed by atoms with van der Waals surface area (Å²) in [5.41, 5.74) is 1.22. The normalized spacial score (nSPS) is 23.9. The summed E-state index contributed by atoms with van der Waals surface area (Å²) >= 11 is 0. The Morgan fingerprint density at radius 3 is 2.88 bits per heavy atom. The van der Waals surface area contributed by atoms with Crippen molar-refractivity contribution < 1.29 is 4.74 Å². The maximum atomic E-state index is 5.40. The van der Waals surface area contributed by atoms with Crippen LogP contribution >= 0.6 is 0 Å². The third-order valence-electron chi connectivity index (χ3n) is 3.54. The first-order chi connectivity index (χ1) is 8.35. The number of aromatic nitrogens is 2. The molecule has 4 heteroatoms. The van der Waals surface area contributed by atoms with E-state index in [4.69, 9.17) is 9.72 Å². The number of nitrogens with zero attached hydrogens (tertiary/aromatic N) is 2. The van der Waals surface area contributed by atoms with Gasteiger partial charge in [-0.3, -0.25) is 0 Å². The second-order valence-electron chi connectivity index (χ2n) is 5.05. The van der Waals surface area contributed by atoms with Crippen LogP contribution in [0.15, 0.2) is 6.07 Å². The fourth-order valence-corrected chi connectivity index (χ4v) is 2.33. The van der Waals surface area contributed by atoms with Crippen LogP contribution in [-0.4, -0.2) is 30.2 Å². The third kappa shape index (κ3) is 2.57. The van der Waals surface area contributed by atoms with E-state index in [-0.39, 0.29) is 0 Å². The summed E-state index contributed by atoms with van der Waals surface area (Å²) in [6.07, 6.45) is 4.67. The minimum atomic E-state index is 0.606. The van der Waals surface area contributed by atoms with Crippen LogP contribution in [0.25, 0.3) is 0 Å². The minimum Gasteiger partial charge on any atom is -0.381 e. The molecule has 1 saturated heterocycles. The maximum Gasteiger partial charge on any atom is 0.131 e. The van der Waals surface area contributed by atoms with E-state index in [0.717, 1.165) is 37.7 Å². The van der Waals surface area contributed by atoms with Gasteiger partial charge in [-0.1, -0.05) is 0 Å². The van der Waals surface area contributed by atoms with Gasteiger partial charge in [-0.2, -0.15) is 0 Å². The molecule has 2 aliphatic rings. The van der Waals surface area contributed by atoms with Crippen molar-refractivity contribution in [1.82, 2.24) is 9.97 Å². The SMILES string of the molecule is CNc1cc(C2CC2)nc(CC2CCOC2)n1. The first-order valence-electron chi connectivity index (χ1n) is 6.48. The number of ether oxygens (including phenoxy) is 1. The summed E-state index contributed by atoms with van der Waals surface area (Å²) in [4.78, 5) is 9.25. The molecule has 92 valence electrons. The van der Waals surface area contributed by atoms with E-state index in [0.29, 0.717) is 11.8 Å². The molecule has 0 spiro atoms. The van der Waals surface area contributed by atoms with Crippen LogP contribution in [0.3, 0.4) is 0 Å². The number of hydrogen-bond acceptors (Lipinski definition) is 4. The molecular weight excluding hydrogens is 214 g/mol. The van der Waals surface area contributed by atoms with Gasteiger partial charge >= 0.3 is 0 Å². The molecule has 0 radical (unpaired) electrons. The molecule has 17 heavy (non-hydrogen) atoms. The zero-order valence-corrected chi connectivity index (χ0v) is 10.3. The standard InChI is InChI=1S/C13H19N3O/c1-14-12-7-11(10-2-3-10)15-13(16-12)6-9-4-5-17-8-9/h7,9-10H,2-6,8H2,1H3,(H,14,15,16). The van der Waals surface area contributed by atoms with Crippen LogP contribution < -0.4 is 5.32 Å². The Hall–Kier alpha value is -1.16. The molecule has 0 aromatic carbocycles. The second kappa shape index (κ2) is 4.61. The largest absolute Gasteiger partial charge is 0.381 e. The van der Waals surface area contributed by atoms with Gasteiger partial charge in [0.25, 0.3) is 0 Å². The van der Waals surface area contributed by atoms with E-state index in [1.807, 2.05) is 7.05 Å². The van der Waals surface area contributed by atoms with Gasteiger partial charge in [-0.25, -0.2) is 9.97 Å². The lowest BCUT2D eigenvalue weighted by Gasteiger charge is -2.10. The monoisotopic (exact) mass is 233 g/mol. The zero-order chi connectivity index (χ0) is 11.7.